The van der Waals surface area contributed by atoms with Crippen molar-refractivity contribution in [2.45, 2.75) is 4.90 Å². The van der Waals surface area contributed by atoms with Crippen molar-refractivity contribution in [1.82, 2.24) is 9.73 Å². The van der Waals surface area contributed by atoms with E-state index in [0.29, 0.717) is 5.02 Å². The number of hydrogen-bond acceptors (Lipinski definition) is 3. The summed E-state index contributed by atoms with van der Waals surface area (Å²) in [6, 6.07) is 4.02. The van der Waals surface area contributed by atoms with E-state index in [1.54, 1.807) is 19.0 Å². The molecule has 0 radical (unpaired) electrons. The third kappa shape index (κ3) is 4.07. The van der Waals surface area contributed by atoms with Crippen molar-refractivity contribution in [3.05, 3.63) is 28.2 Å². The van der Waals surface area contributed by atoms with Crippen LogP contribution in [0.5, 0.6) is 0 Å². The molecule has 0 aliphatic carbocycles. The largest absolute Gasteiger partial charge is 0.367 e. The van der Waals surface area contributed by atoms with Crippen LogP contribution in [0.2, 0.25) is 10.0 Å². The van der Waals surface area contributed by atoms with Gasteiger partial charge in [-0.15, -0.1) is 0 Å². The predicted octanol–water partition coefficient (Wildman–Crippen LogP) is 1.78. The van der Waals surface area contributed by atoms with E-state index < -0.39 is 10.0 Å². The van der Waals surface area contributed by atoms with E-state index >= 15 is 0 Å². The molecule has 94 valence electrons. The lowest BCUT2D eigenvalue weighted by atomic mass is 10.4. The van der Waals surface area contributed by atoms with E-state index in [1.165, 1.54) is 24.5 Å². The second kappa shape index (κ2) is 5.57. The maximum absolute atomic E-state index is 11.7. The first kappa shape index (κ1) is 14.1. The molecule has 0 bridgehead atoms. The highest BCUT2D eigenvalue weighted by Gasteiger charge is 2.14. The van der Waals surface area contributed by atoms with Gasteiger partial charge in [0.2, 0.25) is 0 Å². The lowest BCUT2D eigenvalue weighted by Gasteiger charge is -2.06. The fourth-order valence-electron chi connectivity index (χ4n) is 0.905. The molecule has 0 amide bonds. The van der Waals surface area contributed by atoms with Crippen LogP contribution in [0.25, 0.3) is 0 Å². The van der Waals surface area contributed by atoms with Crippen LogP contribution < -0.4 is 4.83 Å². The van der Waals surface area contributed by atoms with E-state index in [1.807, 2.05) is 0 Å². The third-order valence-electron chi connectivity index (χ3n) is 1.66. The van der Waals surface area contributed by atoms with Gasteiger partial charge < -0.3 is 4.90 Å². The zero-order valence-electron chi connectivity index (χ0n) is 9.18. The highest BCUT2D eigenvalue weighted by molar-refractivity contribution is 7.89. The molecule has 0 unspecified atom stereocenters. The van der Waals surface area contributed by atoms with E-state index in [-0.39, 0.29) is 9.92 Å². The molecule has 5 nitrogen and oxygen atoms in total. The van der Waals surface area contributed by atoms with Gasteiger partial charge in [-0.3, -0.25) is 0 Å². The molecule has 0 fully saturated rings. The molecule has 0 spiro atoms. The summed E-state index contributed by atoms with van der Waals surface area (Å²) in [5.74, 6) is 0. The van der Waals surface area contributed by atoms with Crippen LogP contribution >= 0.6 is 23.2 Å². The summed E-state index contributed by atoms with van der Waals surface area (Å²) in [6.45, 7) is 0. The first-order chi connectivity index (χ1) is 7.83. The molecule has 1 rings (SSSR count). The average molecular weight is 296 g/mol. The normalized spacial score (nSPS) is 11.8. The van der Waals surface area contributed by atoms with Gasteiger partial charge in [-0.1, -0.05) is 23.2 Å². The van der Waals surface area contributed by atoms with Crippen LogP contribution in [0.4, 0.5) is 0 Å². The van der Waals surface area contributed by atoms with E-state index in [9.17, 15) is 8.42 Å². The van der Waals surface area contributed by atoms with Crippen molar-refractivity contribution in [3.63, 3.8) is 0 Å². The standard InChI is InChI=1S/C9H11Cl2N3O2S/c1-14(2)6-12-13-17(15,16)7-3-4-8(10)9(11)5-7/h3-6,13H,1-2H3/b12-6+. The minimum Gasteiger partial charge on any atom is -0.367 e. The Morgan fingerprint density at radius 3 is 2.47 bits per heavy atom. The lowest BCUT2D eigenvalue weighted by Crippen LogP contribution is -2.20. The zero-order valence-corrected chi connectivity index (χ0v) is 11.5. The number of halogens is 2. The Balaban J connectivity index is 2.94. The van der Waals surface area contributed by atoms with Crippen LogP contribution in [-0.2, 0) is 10.0 Å². The van der Waals surface area contributed by atoms with Gasteiger partial charge in [0.05, 0.1) is 14.9 Å². The quantitative estimate of drug-likeness (QED) is 0.523. The van der Waals surface area contributed by atoms with Crippen molar-refractivity contribution >= 4 is 39.6 Å². The molecule has 1 aromatic carbocycles. The Morgan fingerprint density at radius 1 is 1.29 bits per heavy atom. The lowest BCUT2D eigenvalue weighted by molar-refractivity contribution is 0.581. The number of nitrogens with zero attached hydrogens (tertiary/aromatic N) is 2. The fourth-order valence-corrected chi connectivity index (χ4v) is 2.08. The molecule has 0 aliphatic rings. The van der Waals surface area contributed by atoms with Crippen molar-refractivity contribution in [3.8, 4) is 0 Å². The monoisotopic (exact) mass is 295 g/mol. The van der Waals surface area contributed by atoms with Gasteiger partial charge in [0.1, 0.15) is 6.34 Å². The number of hydrazone groups is 1. The minimum atomic E-state index is -3.71. The first-order valence-corrected chi connectivity index (χ1v) is 6.73. The number of benzene rings is 1. The Hall–Kier alpha value is -0.980. The number of hydrogen-bond donors (Lipinski definition) is 1. The second-order valence-electron chi connectivity index (χ2n) is 3.38. The summed E-state index contributed by atoms with van der Waals surface area (Å²) in [4.78, 5) is 3.65. The van der Waals surface area contributed by atoms with Gasteiger partial charge in [-0.2, -0.15) is 18.4 Å². The highest BCUT2D eigenvalue weighted by atomic mass is 35.5. The van der Waals surface area contributed by atoms with Crippen molar-refractivity contribution in [1.29, 1.82) is 0 Å². The maximum Gasteiger partial charge on any atom is 0.276 e. The van der Waals surface area contributed by atoms with Crippen LogP contribution in [0.3, 0.4) is 0 Å². The van der Waals surface area contributed by atoms with Gasteiger partial charge in [-0.05, 0) is 18.2 Å². The summed E-state index contributed by atoms with van der Waals surface area (Å²) in [7, 11) is -0.274. The highest BCUT2D eigenvalue weighted by Crippen LogP contribution is 2.24. The zero-order chi connectivity index (χ0) is 13.1. The topological polar surface area (TPSA) is 61.8 Å². The van der Waals surface area contributed by atoms with Gasteiger partial charge in [0, 0.05) is 14.1 Å². The molecule has 0 atom stereocenters. The van der Waals surface area contributed by atoms with Gasteiger partial charge >= 0.3 is 0 Å². The molecule has 1 aromatic rings. The molecule has 0 aliphatic heterocycles. The second-order valence-corrected chi connectivity index (χ2v) is 5.85. The number of rotatable bonds is 4. The Bertz CT molecular complexity index is 529. The Morgan fingerprint density at radius 2 is 1.94 bits per heavy atom. The smallest absolute Gasteiger partial charge is 0.276 e. The maximum atomic E-state index is 11.7. The molecule has 0 heterocycles. The Labute approximate surface area is 110 Å². The van der Waals surface area contributed by atoms with Gasteiger partial charge in [0.15, 0.2) is 0 Å². The van der Waals surface area contributed by atoms with Crippen LogP contribution in [0.1, 0.15) is 0 Å². The predicted molar refractivity (Wildman–Crippen MR) is 69.0 cm³/mol. The number of sulfonamides is 1. The molecule has 0 saturated carbocycles. The average Bonchev–Trinajstić information content (AvgIpc) is 2.21. The van der Waals surface area contributed by atoms with Crippen LogP contribution in [0, 0.1) is 0 Å². The Kier molecular flexibility index (Phi) is 4.62. The van der Waals surface area contributed by atoms with Crippen molar-refractivity contribution in [2.24, 2.45) is 5.10 Å². The van der Waals surface area contributed by atoms with Crippen LogP contribution in [-0.4, -0.2) is 33.8 Å². The molecular weight excluding hydrogens is 285 g/mol. The molecule has 17 heavy (non-hydrogen) atoms. The third-order valence-corrected chi connectivity index (χ3v) is 3.62. The van der Waals surface area contributed by atoms with Gasteiger partial charge in [0.25, 0.3) is 10.0 Å². The summed E-state index contributed by atoms with van der Waals surface area (Å²) in [6.07, 6.45) is 1.33. The van der Waals surface area contributed by atoms with Crippen molar-refractivity contribution < 1.29 is 8.42 Å². The SMILES string of the molecule is CN(C)/C=N/NS(=O)(=O)c1ccc(Cl)c(Cl)c1. The molecule has 0 aromatic heterocycles. The summed E-state index contributed by atoms with van der Waals surface area (Å²) >= 11 is 11.4. The number of nitrogens with one attached hydrogen (secondary N) is 1. The van der Waals surface area contributed by atoms with Crippen molar-refractivity contribution in [2.75, 3.05) is 14.1 Å². The summed E-state index contributed by atoms with van der Waals surface area (Å²) in [5.41, 5.74) is 0. The van der Waals surface area contributed by atoms with Gasteiger partial charge in [-0.25, -0.2) is 0 Å². The van der Waals surface area contributed by atoms with E-state index in [2.05, 4.69) is 9.93 Å². The minimum absolute atomic E-state index is 0.00260. The first-order valence-electron chi connectivity index (χ1n) is 4.49. The molecule has 8 heteroatoms. The molecule has 0 saturated heterocycles. The van der Waals surface area contributed by atoms with E-state index in [4.69, 9.17) is 23.2 Å². The molecular formula is C9H11Cl2N3O2S. The molecule has 1 N–H and O–H groups in total. The van der Waals surface area contributed by atoms with E-state index in [0.717, 1.165) is 0 Å². The fraction of sp³-hybridized carbons (Fsp3) is 0.222. The van der Waals surface area contributed by atoms with Crippen LogP contribution in [0.15, 0.2) is 28.2 Å². The summed E-state index contributed by atoms with van der Waals surface area (Å²) in [5, 5.41) is 4.02. The summed E-state index contributed by atoms with van der Waals surface area (Å²) < 4.78 is 23.5.